The van der Waals surface area contributed by atoms with E-state index in [1.165, 1.54) is 12.1 Å². The van der Waals surface area contributed by atoms with Crippen LogP contribution in [0.2, 0.25) is 0 Å². The smallest absolute Gasteiger partial charge is 0.238 e. The van der Waals surface area contributed by atoms with Crippen molar-refractivity contribution in [1.82, 2.24) is 0 Å². The van der Waals surface area contributed by atoms with Crippen molar-refractivity contribution in [2.24, 2.45) is 11.1 Å². The SMILES string of the molecule is CS(=O)(=O)c1cc(S(N)(=O)=O)ccc1N1CCC(C(=O)c2ccccc2)CC1. The van der Waals surface area contributed by atoms with Gasteiger partial charge in [0.05, 0.1) is 15.5 Å². The van der Waals surface area contributed by atoms with Crippen molar-refractivity contribution in [2.45, 2.75) is 22.6 Å². The molecular weight excluding hydrogens is 400 g/mol. The quantitative estimate of drug-likeness (QED) is 0.735. The number of carbonyl (C=O) groups excluding carboxylic acids is 1. The molecule has 1 saturated heterocycles. The van der Waals surface area contributed by atoms with Crippen LogP contribution in [0.1, 0.15) is 23.2 Å². The van der Waals surface area contributed by atoms with Crippen LogP contribution in [0.4, 0.5) is 5.69 Å². The fourth-order valence-corrected chi connectivity index (χ4v) is 4.98. The Bertz CT molecular complexity index is 1090. The summed E-state index contributed by atoms with van der Waals surface area (Å²) in [5.41, 5.74) is 1.11. The Hall–Kier alpha value is -2.23. The number of sulfone groups is 1. The Morgan fingerprint density at radius 3 is 2.14 bits per heavy atom. The number of Topliss-reactive ketones (excluding diaryl/α,β-unsaturated/α-hetero) is 1. The average Bonchev–Trinajstić information content (AvgIpc) is 2.66. The molecule has 3 rings (SSSR count). The van der Waals surface area contributed by atoms with E-state index in [-0.39, 0.29) is 21.5 Å². The predicted molar refractivity (Wildman–Crippen MR) is 107 cm³/mol. The van der Waals surface area contributed by atoms with Crippen molar-refractivity contribution in [3.05, 3.63) is 54.1 Å². The van der Waals surface area contributed by atoms with Crippen LogP contribution in [-0.2, 0) is 19.9 Å². The highest BCUT2D eigenvalue weighted by atomic mass is 32.2. The first kappa shape index (κ1) is 20.5. The van der Waals surface area contributed by atoms with E-state index in [4.69, 9.17) is 5.14 Å². The molecule has 0 atom stereocenters. The highest BCUT2D eigenvalue weighted by Gasteiger charge is 2.28. The number of primary sulfonamides is 1. The van der Waals surface area contributed by atoms with Gasteiger partial charge in [-0.05, 0) is 31.0 Å². The molecule has 0 aromatic heterocycles. The number of hydrogen-bond acceptors (Lipinski definition) is 6. The first-order valence-electron chi connectivity index (χ1n) is 8.78. The van der Waals surface area contributed by atoms with Crippen LogP contribution in [0.5, 0.6) is 0 Å². The van der Waals surface area contributed by atoms with Crippen LogP contribution in [0, 0.1) is 5.92 Å². The van der Waals surface area contributed by atoms with E-state index in [1.807, 2.05) is 23.1 Å². The zero-order valence-electron chi connectivity index (χ0n) is 15.4. The monoisotopic (exact) mass is 422 g/mol. The number of carbonyl (C=O) groups is 1. The number of benzene rings is 2. The van der Waals surface area contributed by atoms with E-state index in [9.17, 15) is 21.6 Å². The fourth-order valence-electron chi connectivity index (χ4n) is 3.45. The lowest BCUT2D eigenvalue weighted by Gasteiger charge is -2.34. The van der Waals surface area contributed by atoms with Gasteiger partial charge in [0.25, 0.3) is 0 Å². The lowest BCUT2D eigenvalue weighted by atomic mass is 9.88. The molecule has 9 heteroatoms. The van der Waals surface area contributed by atoms with E-state index in [0.29, 0.717) is 37.2 Å². The summed E-state index contributed by atoms with van der Waals surface area (Å²) in [6, 6.07) is 13.0. The predicted octanol–water partition coefficient (Wildman–Crippen LogP) is 1.84. The van der Waals surface area contributed by atoms with Gasteiger partial charge in [0.1, 0.15) is 0 Å². The normalized spacial score (nSPS) is 16.1. The van der Waals surface area contributed by atoms with Gasteiger partial charge < -0.3 is 4.90 Å². The molecule has 2 aromatic rings. The van der Waals surface area contributed by atoms with Crippen molar-refractivity contribution >= 4 is 31.3 Å². The lowest BCUT2D eigenvalue weighted by molar-refractivity contribution is 0.0900. The van der Waals surface area contributed by atoms with Gasteiger partial charge in [0, 0.05) is 30.8 Å². The zero-order chi connectivity index (χ0) is 20.5. The Kier molecular flexibility index (Phi) is 5.60. The molecule has 28 heavy (non-hydrogen) atoms. The van der Waals surface area contributed by atoms with Gasteiger partial charge in [-0.25, -0.2) is 22.0 Å². The average molecular weight is 423 g/mol. The number of piperidine rings is 1. The molecule has 1 fully saturated rings. The maximum absolute atomic E-state index is 12.6. The van der Waals surface area contributed by atoms with E-state index in [0.717, 1.165) is 12.3 Å². The molecule has 0 radical (unpaired) electrons. The largest absolute Gasteiger partial charge is 0.370 e. The number of nitrogens with zero attached hydrogens (tertiary/aromatic N) is 1. The molecule has 2 aromatic carbocycles. The summed E-state index contributed by atoms with van der Waals surface area (Å²) in [7, 11) is -7.68. The van der Waals surface area contributed by atoms with Gasteiger partial charge in [-0.15, -0.1) is 0 Å². The van der Waals surface area contributed by atoms with Gasteiger partial charge in [-0.1, -0.05) is 30.3 Å². The molecule has 0 aliphatic carbocycles. The number of anilines is 1. The summed E-state index contributed by atoms with van der Waals surface area (Å²) >= 11 is 0. The third-order valence-corrected chi connectivity index (χ3v) is 6.96. The maximum atomic E-state index is 12.6. The third kappa shape index (κ3) is 4.43. The minimum atomic E-state index is -4.01. The molecule has 1 heterocycles. The summed E-state index contributed by atoms with van der Waals surface area (Å²) in [4.78, 5) is 14.2. The van der Waals surface area contributed by atoms with Crippen LogP contribution >= 0.6 is 0 Å². The second-order valence-corrected chi connectivity index (χ2v) is 10.5. The Labute approximate surface area is 165 Å². The van der Waals surface area contributed by atoms with Crippen molar-refractivity contribution in [3.8, 4) is 0 Å². The third-order valence-electron chi connectivity index (χ3n) is 4.92. The molecular formula is C19H22N2O5S2. The zero-order valence-corrected chi connectivity index (χ0v) is 17.0. The number of nitrogens with two attached hydrogens (primary N) is 1. The van der Waals surface area contributed by atoms with Crippen LogP contribution in [-0.4, -0.2) is 42.0 Å². The number of rotatable bonds is 5. The lowest BCUT2D eigenvalue weighted by Crippen LogP contribution is -2.37. The second kappa shape index (κ2) is 7.65. The summed E-state index contributed by atoms with van der Waals surface area (Å²) in [6.45, 7) is 1.00. The summed E-state index contributed by atoms with van der Waals surface area (Å²) in [6.07, 6.45) is 2.21. The van der Waals surface area contributed by atoms with Crippen molar-refractivity contribution in [3.63, 3.8) is 0 Å². The number of ketones is 1. The Morgan fingerprint density at radius 2 is 1.61 bits per heavy atom. The molecule has 0 bridgehead atoms. The number of hydrogen-bond donors (Lipinski definition) is 1. The topological polar surface area (TPSA) is 115 Å². The number of sulfonamides is 1. The maximum Gasteiger partial charge on any atom is 0.238 e. The standard InChI is InChI=1S/C19H22N2O5S2/c1-27(23,24)18-13-16(28(20,25)26)7-8-17(18)21-11-9-15(10-12-21)19(22)14-5-3-2-4-6-14/h2-8,13,15H,9-12H2,1H3,(H2,20,25,26). The van der Waals surface area contributed by atoms with Crippen LogP contribution in [0.15, 0.2) is 58.3 Å². The molecule has 150 valence electrons. The molecule has 1 aliphatic rings. The van der Waals surface area contributed by atoms with E-state index in [2.05, 4.69) is 0 Å². The molecule has 0 saturated carbocycles. The van der Waals surface area contributed by atoms with Crippen molar-refractivity contribution in [2.75, 3.05) is 24.2 Å². The highest BCUT2D eigenvalue weighted by molar-refractivity contribution is 7.91. The van der Waals surface area contributed by atoms with Crippen LogP contribution in [0.25, 0.3) is 0 Å². The molecule has 0 unspecified atom stereocenters. The summed E-state index contributed by atoms with van der Waals surface area (Å²) in [5.74, 6) is -0.0304. The first-order chi connectivity index (χ1) is 13.1. The van der Waals surface area contributed by atoms with Crippen molar-refractivity contribution < 1.29 is 21.6 Å². The minimum Gasteiger partial charge on any atom is -0.370 e. The molecule has 7 nitrogen and oxygen atoms in total. The highest BCUT2D eigenvalue weighted by Crippen LogP contribution is 2.32. The second-order valence-electron chi connectivity index (χ2n) is 6.94. The van der Waals surface area contributed by atoms with Gasteiger partial charge in [0.15, 0.2) is 15.6 Å². The van der Waals surface area contributed by atoms with Crippen LogP contribution < -0.4 is 10.0 Å². The molecule has 2 N–H and O–H groups in total. The van der Waals surface area contributed by atoms with Crippen LogP contribution in [0.3, 0.4) is 0 Å². The Balaban J connectivity index is 1.83. The Morgan fingerprint density at radius 1 is 1.00 bits per heavy atom. The summed E-state index contributed by atoms with van der Waals surface area (Å²) in [5, 5.41) is 5.13. The van der Waals surface area contributed by atoms with E-state index >= 15 is 0 Å². The molecule has 1 aliphatic heterocycles. The first-order valence-corrected chi connectivity index (χ1v) is 12.2. The van der Waals surface area contributed by atoms with Gasteiger partial charge in [-0.3, -0.25) is 4.79 Å². The molecule has 0 amide bonds. The van der Waals surface area contributed by atoms with Gasteiger partial charge in [-0.2, -0.15) is 0 Å². The fraction of sp³-hybridized carbons (Fsp3) is 0.316. The summed E-state index contributed by atoms with van der Waals surface area (Å²) < 4.78 is 47.6. The van der Waals surface area contributed by atoms with E-state index < -0.39 is 19.9 Å². The van der Waals surface area contributed by atoms with Crippen molar-refractivity contribution in [1.29, 1.82) is 0 Å². The molecule has 0 spiro atoms. The van der Waals surface area contributed by atoms with Gasteiger partial charge >= 0.3 is 0 Å². The van der Waals surface area contributed by atoms with E-state index in [1.54, 1.807) is 12.1 Å². The van der Waals surface area contributed by atoms with Gasteiger partial charge in [0.2, 0.25) is 10.0 Å². The minimum absolute atomic E-state index is 0.0770.